The molecule has 0 aromatic carbocycles. The Balaban J connectivity index is 0.00000256. The van der Waals surface area contributed by atoms with Gasteiger partial charge < -0.3 is 15.8 Å². The Bertz CT molecular complexity index is 236. The Hall–Kier alpha value is 0.0300. The molecule has 0 aromatic heterocycles. The van der Waals surface area contributed by atoms with Crippen LogP contribution in [0.1, 0.15) is 26.2 Å². The molecule has 2 atom stereocenters. The molecule has 1 unspecified atom stereocenters. The molecule has 0 bridgehead atoms. The van der Waals surface area contributed by atoms with Crippen molar-refractivity contribution in [1.82, 2.24) is 5.32 Å². The van der Waals surface area contributed by atoms with Gasteiger partial charge in [-0.3, -0.25) is 4.79 Å². The first-order valence-corrected chi connectivity index (χ1v) is 7.13. The van der Waals surface area contributed by atoms with Gasteiger partial charge in [0, 0.05) is 13.2 Å². The SMILES string of the molecule is CSCC[C@H](N)C(=O)NCC1(C)CCCO1.Cl. The number of nitrogens with one attached hydrogen (secondary N) is 1. The van der Waals surface area contributed by atoms with E-state index in [1.165, 1.54) is 0 Å². The summed E-state index contributed by atoms with van der Waals surface area (Å²) < 4.78 is 5.59. The van der Waals surface area contributed by atoms with Crippen molar-refractivity contribution in [3.8, 4) is 0 Å². The van der Waals surface area contributed by atoms with Gasteiger partial charge in [0.25, 0.3) is 0 Å². The molecule has 1 rings (SSSR count). The summed E-state index contributed by atoms with van der Waals surface area (Å²) in [7, 11) is 0. The highest BCUT2D eigenvalue weighted by Crippen LogP contribution is 2.23. The molecule has 4 nitrogen and oxygen atoms in total. The molecule has 1 aliphatic heterocycles. The molecule has 17 heavy (non-hydrogen) atoms. The van der Waals surface area contributed by atoms with E-state index in [4.69, 9.17) is 10.5 Å². The van der Waals surface area contributed by atoms with Crippen LogP contribution in [0.2, 0.25) is 0 Å². The maximum atomic E-state index is 11.6. The lowest BCUT2D eigenvalue weighted by Crippen LogP contribution is -2.47. The van der Waals surface area contributed by atoms with Gasteiger partial charge in [0.2, 0.25) is 5.91 Å². The molecule has 3 N–H and O–H groups in total. The summed E-state index contributed by atoms with van der Waals surface area (Å²) in [6.45, 7) is 3.40. The highest BCUT2D eigenvalue weighted by atomic mass is 35.5. The van der Waals surface area contributed by atoms with Crippen LogP contribution in [0.3, 0.4) is 0 Å². The van der Waals surface area contributed by atoms with Crippen LogP contribution >= 0.6 is 24.2 Å². The molecule has 1 amide bonds. The number of rotatable bonds is 6. The van der Waals surface area contributed by atoms with E-state index < -0.39 is 6.04 Å². The summed E-state index contributed by atoms with van der Waals surface area (Å²) in [5.74, 6) is 0.855. The lowest BCUT2D eigenvalue weighted by Gasteiger charge is -2.24. The normalized spacial score (nSPS) is 25.1. The molecule has 0 saturated carbocycles. The van der Waals surface area contributed by atoms with Gasteiger partial charge in [0.05, 0.1) is 11.6 Å². The van der Waals surface area contributed by atoms with Gasteiger partial charge in [-0.05, 0) is 38.2 Å². The van der Waals surface area contributed by atoms with Crippen molar-refractivity contribution >= 4 is 30.1 Å². The van der Waals surface area contributed by atoms with Crippen LogP contribution in [0.15, 0.2) is 0 Å². The fourth-order valence-corrected chi connectivity index (χ4v) is 2.25. The number of carbonyl (C=O) groups is 1. The van der Waals surface area contributed by atoms with Crippen molar-refractivity contribution in [3.63, 3.8) is 0 Å². The molecule has 0 aliphatic carbocycles. The fraction of sp³-hybridized carbons (Fsp3) is 0.909. The number of hydrogen-bond acceptors (Lipinski definition) is 4. The van der Waals surface area contributed by atoms with Crippen molar-refractivity contribution in [1.29, 1.82) is 0 Å². The Kier molecular flexibility index (Phi) is 8.20. The molecular formula is C11H23ClN2O2S. The predicted octanol–water partition coefficient (Wildman–Crippen LogP) is 1.17. The summed E-state index contributed by atoms with van der Waals surface area (Å²) >= 11 is 1.71. The first-order valence-electron chi connectivity index (χ1n) is 5.73. The quantitative estimate of drug-likeness (QED) is 0.768. The molecule has 1 fully saturated rings. The van der Waals surface area contributed by atoms with Crippen LogP contribution in [0, 0.1) is 0 Å². The summed E-state index contributed by atoms with van der Waals surface area (Å²) in [6.07, 6.45) is 4.82. The van der Waals surface area contributed by atoms with Gasteiger partial charge in [-0.2, -0.15) is 11.8 Å². The lowest BCUT2D eigenvalue weighted by molar-refractivity contribution is -0.123. The zero-order valence-electron chi connectivity index (χ0n) is 10.5. The number of ether oxygens (including phenoxy) is 1. The number of carbonyl (C=O) groups excluding carboxylic acids is 1. The zero-order valence-corrected chi connectivity index (χ0v) is 12.2. The number of amides is 1. The lowest BCUT2D eigenvalue weighted by atomic mass is 10.0. The second kappa shape index (κ2) is 8.19. The van der Waals surface area contributed by atoms with E-state index in [0.29, 0.717) is 6.54 Å². The minimum absolute atomic E-state index is 0. The van der Waals surface area contributed by atoms with E-state index in [9.17, 15) is 4.79 Å². The van der Waals surface area contributed by atoms with E-state index in [-0.39, 0.29) is 23.9 Å². The van der Waals surface area contributed by atoms with Crippen LogP contribution in [0.25, 0.3) is 0 Å². The highest BCUT2D eigenvalue weighted by Gasteiger charge is 2.30. The third-order valence-corrected chi connectivity index (χ3v) is 3.55. The molecule has 6 heteroatoms. The van der Waals surface area contributed by atoms with Crippen LogP contribution in [0.5, 0.6) is 0 Å². The molecule has 0 aromatic rings. The predicted molar refractivity (Wildman–Crippen MR) is 74.8 cm³/mol. The van der Waals surface area contributed by atoms with E-state index in [1.54, 1.807) is 11.8 Å². The average Bonchev–Trinajstić information content (AvgIpc) is 2.70. The number of hydrogen-bond donors (Lipinski definition) is 2. The van der Waals surface area contributed by atoms with Crippen molar-refractivity contribution in [2.75, 3.05) is 25.2 Å². The largest absolute Gasteiger partial charge is 0.373 e. The van der Waals surface area contributed by atoms with Crippen molar-refractivity contribution in [3.05, 3.63) is 0 Å². The molecule has 1 aliphatic rings. The molecule has 0 radical (unpaired) electrons. The minimum atomic E-state index is -0.391. The third-order valence-electron chi connectivity index (χ3n) is 2.91. The van der Waals surface area contributed by atoms with E-state index in [0.717, 1.165) is 31.6 Å². The fourth-order valence-electron chi connectivity index (χ4n) is 1.76. The number of nitrogens with two attached hydrogens (primary N) is 1. The van der Waals surface area contributed by atoms with Gasteiger partial charge in [-0.1, -0.05) is 0 Å². The van der Waals surface area contributed by atoms with Gasteiger partial charge in [0.1, 0.15) is 0 Å². The van der Waals surface area contributed by atoms with Crippen molar-refractivity contribution < 1.29 is 9.53 Å². The molecule has 0 spiro atoms. The van der Waals surface area contributed by atoms with Gasteiger partial charge >= 0.3 is 0 Å². The zero-order chi connectivity index (χ0) is 12.0. The minimum Gasteiger partial charge on any atom is -0.373 e. The Morgan fingerprint density at radius 2 is 2.35 bits per heavy atom. The first kappa shape index (κ1) is 17.0. The summed E-state index contributed by atoms with van der Waals surface area (Å²) in [6, 6.07) is -0.391. The monoisotopic (exact) mass is 282 g/mol. The molecule has 102 valence electrons. The Labute approximate surface area is 114 Å². The van der Waals surface area contributed by atoms with Crippen LogP contribution in [-0.2, 0) is 9.53 Å². The van der Waals surface area contributed by atoms with Crippen LogP contribution < -0.4 is 11.1 Å². The average molecular weight is 283 g/mol. The van der Waals surface area contributed by atoms with E-state index >= 15 is 0 Å². The smallest absolute Gasteiger partial charge is 0.237 e. The third kappa shape index (κ3) is 5.95. The van der Waals surface area contributed by atoms with Gasteiger partial charge in [-0.15, -0.1) is 12.4 Å². The second-order valence-corrected chi connectivity index (χ2v) is 5.49. The maximum absolute atomic E-state index is 11.6. The Morgan fingerprint density at radius 3 is 2.88 bits per heavy atom. The Morgan fingerprint density at radius 1 is 1.65 bits per heavy atom. The van der Waals surface area contributed by atoms with E-state index in [1.807, 2.05) is 13.2 Å². The van der Waals surface area contributed by atoms with Crippen molar-refractivity contribution in [2.45, 2.75) is 37.8 Å². The number of halogens is 1. The maximum Gasteiger partial charge on any atom is 0.237 e. The summed E-state index contributed by atoms with van der Waals surface area (Å²) in [5.41, 5.74) is 5.58. The summed E-state index contributed by atoms with van der Waals surface area (Å²) in [5, 5.41) is 2.88. The van der Waals surface area contributed by atoms with Gasteiger partial charge in [-0.25, -0.2) is 0 Å². The topological polar surface area (TPSA) is 64.4 Å². The van der Waals surface area contributed by atoms with E-state index in [2.05, 4.69) is 5.32 Å². The van der Waals surface area contributed by atoms with Crippen LogP contribution in [-0.4, -0.2) is 42.7 Å². The molecular weight excluding hydrogens is 260 g/mol. The molecule has 1 saturated heterocycles. The van der Waals surface area contributed by atoms with Gasteiger partial charge in [0.15, 0.2) is 0 Å². The summed E-state index contributed by atoms with van der Waals surface area (Å²) in [4.78, 5) is 11.6. The second-order valence-electron chi connectivity index (χ2n) is 4.51. The van der Waals surface area contributed by atoms with Crippen LogP contribution in [0.4, 0.5) is 0 Å². The molecule has 1 heterocycles. The highest BCUT2D eigenvalue weighted by molar-refractivity contribution is 7.98. The van der Waals surface area contributed by atoms with Crippen molar-refractivity contribution in [2.24, 2.45) is 5.73 Å². The first-order chi connectivity index (χ1) is 7.57. The standard InChI is InChI=1S/C11H22N2O2S.ClH/c1-11(5-3-6-15-11)8-13-10(14)9(12)4-7-16-2;/h9H,3-8,12H2,1-2H3,(H,13,14);1H/t9-,11?;/m0./s1. The number of thioether (sulfide) groups is 1.